The Labute approximate surface area is 107 Å². The summed E-state index contributed by atoms with van der Waals surface area (Å²) >= 11 is 1.65. The lowest BCUT2D eigenvalue weighted by atomic mass is 9.93. The number of carboxylic acid groups (broad SMARTS) is 1. The van der Waals surface area contributed by atoms with Crippen LogP contribution in [0, 0.1) is 0 Å². The van der Waals surface area contributed by atoms with Gasteiger partial charge < -0.3 is 10.4 Å². The van der Waals surface area contributed by atoms with Gasteiger partial charge in [-0.15, -0.1) is 0 Å². The fourth-order valence-corrected chi connectivity index (χ4v) is 2.70. The molecule has 1 atom stereocenters. The average Bonchev–Trinajstić information content (AvgIpc) is 2.64. The standard InChI is InChI=1S/C12H21NO3S/c1-9(17-2)7-10(14)13-12(8-11(15)16)5-3-4-6-12/h9H,3-8H2,1-2H3,(H,13,14)(H,15,16). The van der Waals surface area contributed by atoms with Gasteiger partial charge in [-0.2, -0.15) is 11.8 Å². The molecule has 0 aromatic rings. The molecule has 0 aromatic carbocycles. The third-order valence-corrected chi connectivity index (χ3v) is 4.30. The van der Waals surface area contributed by atoms with Gasteiger partial charge in [0.15, 0.2) is 0 Å². The van der Waals surface area contributed by atoms with E-state index in [1.807, 2.05) is 13.2 Å². The van der Waals surface area contributed by atoms with Crippen LogP contribution in [0.15, 0.2) is 0 Å². The largest absolute Gasteiger partial charge is 0.481 e. The second kappa shape index (κ2) is 6.28. The maximum absolute atomic E-state index is 11.8. The van der Waals surface area contributed by atoms with Crippen LogP contribution in [0.4, 0.5) is 0 Å². The summed E-state index contributed by atoms with van der Waals surface area (Å²) in [6.07, 6.45) is 6.07. The van der Waals surface area contributed by atoms with Crippen molar-refractivity contribution < 1.29 is 14.7 Å². The molecule has 0 bridgehead atoms. The van der Waals surface area contributed by atoms with Crippen molar-refractivity contribution in [3.05, 3.63) is 0 Å². The molecule has 0 radical (unpaired) electrons. The molecule has 0 saturated heterocycles. The van der Waals surface area contributed by atoms with Crippen molar-refractivity contribution in [2.24, 2.45) is 0 Å². The van der Waals surface area contributed by atoms with Gasteiger partial charge in [0.25, 0.3) is 0 Å². The predicted molar refractivity (Wildman–Crippen MR) is 69.2 cm³/mol. The summed E-state index contributed by atoms with van der Waals surface area (Å²) < 4.78 is 0. The summed E-state index contributed by atoms with van der Waals surface area (Å²) in [6, 6.07) is 0. The van der Waals surface area contributed by atoms with Crippen molar-refractivity contribution in [3.63, 3.8) is 0 Å². The first kappa shape index (κ1) is 14.4. The molecule has 1 saturated carbocycles. The van der Waals surface area contributed by atoms with Crippen molar-refractivity contribution in [2.75, 3.05) is 6.26 Å². The van der Waals surface area contributed by atoms with Gasteiger partial charge in [-0.25, -0.2) is 0 Å². The van der Waals surface area contributed by atoms with E-state index < -0.39 is 11.5 Å². The molecule has 0 spiro atoms. The second-order valence-corrected chi connectivity index (χ2v) is 6.13. The van der Waals surface area contributed by atoms with E-state index in [0.717, 1.165) is 25.7 Å². The third kappa shape index (κ3) is 4.58. The third-order valence-electron chi connectivity index (χ3n) is 3.33. The van der Waals surface area contributed by atoms with Crippen molar-refractivity contribution in [2.45, 2.75) is 56.2 Å². The van der Waals surface area contributed by atoms with Crippen LogP contribution in [-0.4, -0.2) is 34.0 Å². The van der Waals surface area contributed by atoms with Gasteiger partial charge in [0.05, 0.1) is 12.0 Å². The summed E-state index contributed by atoms with van der Waals surface area (Å²) in [5.41, 5.74) is -0.485. The quantitative estimate of drug-likeness (QED) is 0.766. The highest BCUT2D eigenvalue weighted by Gasteiger charge is 2.37. The topological polar surface area (TPSA) is 66.4 Å². The number of amides is 1. The molecule has 5 heteroatoms. The number of hydrogen-bond donors (Lipinski definition) is 2. The molecule has 0 aliphatic heterocycles. The van der Waals surface area contributed by atoms with Gasteiger partial charge >= 0.3 is 5.97 Å². The Hall–Kier alpha value is -0.710. The van der Waals surface area contributed by atoms with Crippen LogP contribution >= 0.6 is 11.8 Å². The lowest BCUT2D eigenvalue weighted by Crippen LogP contribution is -2.48. The molecule has 17 heavy (non-hydrogen) atoms. The molecule has 4 nitrogen and oxygen atoms in total. The van der Waals surface area contributed by atoms with Crippen molar-refractivity contribution >= 4 is 23.6 Å². The minimum absolute atomic E-state index is 0.0185. The Morgan fingerprint density at radius 2 is 2.00 bits per heavy atom. The minimum atomic E-state index is -0.829. The van der Waals surface area contributed by atoms with E-state index in [1.54, 1.807) is 11.8 Å². The molecule has 1 aliphatic carbocycles. The van der Waals surface area contributed by atoms with E-state index in [4.69, 9.17) is 5.11 Å². The van der Waals surface area contributed by atoms with E-state index in [1.165, 1.54) is 0 Å². The molecule has 1 unspecified atom stereocenters. The summed E-state index contributed by atoms with van der Waals surface area (Å²) in [5.74, 6) is -0.847. The monoisotopic (exact) mass is 259 g/mol. The molecule has 98 valence electrons. The summed E-state index contributed by atoms with van der Waals surface area (Å²) in [5, 5.41) is 12.2. The summed E-state index contributed by atoms with van der Waals surface area (Å²) in [7, 11) is 0. The van der Waals surface area contributed by atoms with E-state index >= 15 is 0 Å². The highest BCUT2D eigenvalue weighted by Crippen LogP contribution is 2.32. The molecular formula is C12H21NO3S. The zero-order chi connectivity index (χ0) is 12.9. The zero-order valence-corrected chi connectivity index (χ0v) is 11.3. The number of nitrogens with one attached hydrogen (secondary N) is 1. The fraction of sp³-hybridized carbons (Fsp3) is 0.833. The molecule has 0 heterocycles. The summed E-state index contributed by atoms with van der Waals surface area (Å²) in [4.78, 5) is 22.7. The molecule has 0 aromatic heterocycles. The van der Waals surface area contributed by atoms with Gasteiger partial charge in [0.1, 0.15) is 0 Å². The molecular weight excluding hydrogens is 238 g/mol. The van der Waals surface area contributed by atoms with E-state index in [0.29, 0.717) is 6.42 Å². The number of carboxylic acids is 1. The van der Waals surface area contributed by atoms with Gasteiger partial charge in [-0.05, 0) is 19.1 Å². The molecule has 1 amide bonds. The maximum atomic E-state index is 11.8. The fourth-order valence-electron chi connectivity index (χ4n) is 2.38. The Morgan fingerprint density at radius 3 is 2.47 bits per heavy atom. The predicted octanol–water partition coefficient (Wildman–Crippen LogP) is 2.03. The number of hydrogen-bond acceptors (Lipinski definition) is 3. The first-order chi connectivity index (χ1) is 7.97. The van der Waals surface area contributed by atoms with E-state index in [2.05, 4.69) is 5.32 Å². The van der Waals surface area contributed by atoms with Crippen LogP contribution in [0.3, 0.4) is 0 Å². The van der Waals surface area contributed by atoms with Gasteiger partial charge in [0.2, 0.25) is 5.91 Å². The highest BCUT2D eigenvalue weighted by atomic mass is 32.2. The number of carbonyl (C=O) groups is 2. The van der Waals surface area contributed by atoms with Crippen LogP contribution in [0.25, 0.3) is 0 Å². The van der Waals surface area contributed by atoms with Crippen LogP contribution in [0.1, 0.15) is 45.4 Å². The second-order valence-electron chi connectivity index (χ2n) is 4.86. The molecule has 2 N–H and O–H groups in total. The summed E-state index contributed by atoms with van der Waals surface area (Å²) in [6.45, 7) is 2.00. The van der Waals surface area contributed by atoms with Gasteiger partial charge in [0, 0.05) is 11.7 Å². The average molecular weight is 259 g/mol. The lowest BCUT2D eigenvalue weighted by molar-refractivity contribution is -0.139. The van der Waals surface area contributed by atoms with Crippen molar-refractivity contribution in [1.82, 2.24) is 5.32 Å². The minimum Gasteiger partial charge on any atom is -0.481 e. The zero-order valence-electron chi connectivity index (χ0n) is 10.5. The molecule has 1 fully saturated rings. The van der Waals surface area contributed by atoms with Crippen LogP contribution in [-0.2, 0) is 9.59 Å². The number of aliphatic carboxylic acids is 1. The lowest BCUT2D eigenvalue weighted by Gasteiger charge is -2.29. The number of rotatable bonds is 6. The van der Waals surface area contributed by atoms with Crippen molar-refractivity contribution in [3.8, 4) is 0 Å². The van der Waals surface area contributed by atoms with Gasteiger partial charge in [-0.3, -0.25) is 9.59 Å². The van der Waals surface area contributed by atoms with E-state index in [-0.39, 0.29) is 17.6 Å². The Kier molecular flexibility index (Phi) is 5.31. The Morgan fingerprint density at radius 1 is 1.41 bits per heavy atom. The normalized spacial score (nSPS) is 19.9. The Bertz CT molecular complexity index is 287. The number of carbonyl (C=O) groups excluding carboxylic acids is 1. The molecule has 1 rings (SSSR count). The Balaban J connectivity index is 2.54. The van der Waals surface area contributed by atoms with Crippen LogP contribution in [0.2, 0.25) is 0 Å². The van der Waals surface area contributed by atoms with Crippen LogP contribution in [0.5, 0.6) is 0 Å². The first-order valence-electron chi connectivity index (χ1n) is 6.03. The maximum Gasteiger partial charge on any atom is 0.305 e. The molecule has 1 aliphatic rings. The first-order valence-corrected chi connectivity index (χ1v) is 7.32. The highest BCUT2D eigenvalue weighted by molar-refractivity contribution is 7.99. The van der Waals surface area contributed by atoms with Crippen LogP contribution < -0.4 is 5.32 Å². The SMILES string of the molecule is CSC(C)CC(=O)NC1(CC(=O)O)CCCC1. The smallest absolute Gasteiger partial charge is 0.305 e. The van der Waals surface area contributed by atoms with Crippen molar-refractivity contribution in [1.29, 1.82) is 0 Å². The number of thioether (sulfide) groups is 1. The van der Waals surface area contributed by atoms with E-state index in [9.17, 15) is 9.59 Å². The van der Waals surface area contributed by atoms with Gasteiger partial charge in [-0.1, -0.05) is 19.8 Å².